The third-order valence-electron chi connectivity index (χ3n) is 5.01. The largest absolute Gasteiger partial charge is 0.334 e. The van der Waals surface area contributed by atoms with E-state index in [2.05, 4.69) is 5.32 Å². The normalized spacial score (nSPS) is 14.9. The van der Waals surface area contributed by atoms with Crippen molar-refractivity contribution >= 4 is 46.6 Å². The molecule has 1 heterocycles. The number of carbonyl (C=O) groups excluding carboxylic acids is 3. The topological polar surface area (TPSA) is 69.7 Å². The summed E-state index contributed by atoms with van der Waals surface area (Å²) in [5.74, 6) is -0.807. The number of rotatable bonds is 6. The maximum absolute atomic E-state index is 13.3. The summed E-state index contributed by atoms with van der Waals surface area (Å²) in [7, 11) is 1.54. The van der Waals surface area contributed by atoms with Crippen LogP contribution in [0.15, 0.2) is 48.5 Å². The first-order chi connectivity index (χ1) is 14.4. The molecule has 1 N–H and O–H groups in total. The zero-order valence-electron chi connectivity index (χ0n) is 16.6. The van der Waals surface area contributed by atoms with Crippen molar-refractivity contribution in [2.45, 2.75) is 25.3 Å². The number of benzene rings is 2. The van der Waals surface area contributed by atoms with Gasteiger partial charge in [0, 0.05) is 20.0 Å². The third-order valence-corrected chi connectivity index (χ3v) is 5.64. The lowest BCUT2D eigenvalue weighted by molar-refractivity contribution is -0.147. The minimum absolute atomic E-state index is 0.0517. The minimum Gasteiger partial charge on any atom is -0.334 e. The molecule has 2 aromatic carbocycles. The second-order valence-corrected chi connectivity index (χ2v) is 8.01. The van der Waals surface area contributed by atoms with Gasteiger partial charge in [-0.3, -0.25) is 14.4 Å². The van der Waals surface area contributed by atoms with Gasteiger partial charge in [-0.05, 0) is 30.5 Å². The highest BCUT2D eigenvalue weighted by Gasteiger charge is 2.34. The molecule has 30 heavy (non-hydrogen) atoms. The van der Waals surface area contributed by atoms with E-state index in [4.69, 9.17) is 23.2 Å². The first-order valence-corrected chi connectivity index (χ1v) is 10.5. The highest BCUT2D eigenvalue weighted by molar-refractivity contribution is 6.39. The maximum Gasteiger partial charge on any atom is 0.250 e. The van der Waals surface area contributed by atoms with Crippen LogP contribution in [0.25, 0.3) is 0 Å². The van der Waals surface area contributed by atoms with Crippen molar-refractivity contribution in [1.29, 1.82) is 0 Å². The Kier molecular flexibility index (Phi) is 7.34. The van der Waals surface area contributed by atoms with Gasteiger partial charge in [-0.2, -0.15) is 0 Å². The average molecular weight is 448 g/mol. The van der Waals surface area contributed by atoms with Gasteiger partial charge in [0.1, 0.15) is 6.04 Å². The summed E-state index contributed by atoms with van der Waals surface area (Å²) in [6, 6.07) is 13.3. The summed E-state index contributed by atoms with van der Waals surface area (Å²) < 4.78 is 0. The van der Waals surface area contributed by atoms with Crippen LogP contribution in [0.1, 0.15) is 30.9 Å². The van der Waals surface area contributed by atoms with Gasteiger partial charge in [-0.1, -0.05) is 59.6 Å². The van der Waals surface area contributed by atoms with Gasteiger partial charge in [0.05, 0.1) is 22.3 Å². The molecule has 0 bridgehead atoms. The van der Waals surface area contributed by atoms with Crippen LogP contribution in [-0.4, -0.2) is 47.7 Å². The number of hydrogen-bond acceptors (Lipinski definition) is 3. The van der Waals surface area contributed by atoms with Crippen LogP contribution in [0.2, 0.25) is 10.0 Å². The molecular weight excluding hydrogens is 425 g/mol. The summed E-state index contributed by atoms with van der Waals surface area (Å²) >= 11 is 12.2. The Labute approximate surface area is 185 Å². The number of anilines is 1. The van der Waals surface area contributed by atoms with E-state index in [1.54, 1.807) is 30.1 Å². The van der Waals surface area contributed by atoms with E-state index >= 15 is 0 Å². The molecule has 0 aromatic heterocycles. The van der Waals surface area contributed by atoms with Crippen LogP contribution >= 0.6 is 23.2 Å². The molecule has 3 amide bonds. The number of amides is 3. The highest BCUT2D eigenvalue weighted by atomic mass is 35.5. The molecule has 1 unspecified atom stereocenters. The Morgan fingerprint density at radius 2 is 1.73 bits per heavy atom. The first kappa shape index (κ1) is 22.1. The summed E-state index contributed by atoms with van der Waals surface area (Å²) in [5, 5.41) is 3.28. The Morgan fingerprint density at radius 1 is 1.07 bits per heavy atom. The predicted molar refractivity (Wildman–Crippen MR) is 117 cm³/mol. The molecule has 0 aliphatic carbocycles. The molecule has 0 saturated carbocycles. The molecule has 1 aliphatic rings. The lowest BCUT2D eigenvalue weighted by Gasteiger charge is -2.36. The molecule has 0 spiro atoms. The summed E-state index contributed by atoms with van der Waals surface area (Å²) in [6.07, 6.45) is 2.09. The van der Waals surface area contributed by atoms with Gasteiger partial charge < -0.3 is 15.1 Å². The number of likely N-dealkylation sites (N-methyl/N-ethyl adjacent to an activating group) is 1. The average Bonchev–Trinajstić information content (AvgIpc) is 2.73. The van der Waals surface area contributed by atoms with Crippen molar-refractivity contribution in [3.63, 3.8) is 0 Å². The predicted octanol–water partition coefficient (Wildman–Crippen LogP) is 4.14. The minimum atomic E-state index is -0.763. The van der Waals surface area contributed by atoms with Crippen LogP contribution in [-0.2, 0) is 14.4 Å². The summed E-state index contributed by atoms with van der Waals surface area (Å²) in [4.78, 5) is 41.3. The number of halogens is 2. The monoisotopic (exact) mass is 447 g/mol. The van der Waals surface area contributed by atoms with Gasteiger partial charge in [0.25, 0.3) is 0 Å². The Bertz CT molecular complexity index is 916. The fourth-order valence-electron chi connectivity index (χ4n) is 3.49. The van der Waals surface area contributed by atoms with Gasteiger partial charge in [0.15, 0.2) is 0 Å². The first-order valence-electron chi connectivity index (χ1n) is 9.71. The fourth-order valence-corrected chi connectivity index (χ4v) is 3.98. The smallest absolute Gasteiger partial charge is 0.250 e. The third kappa shape index (κ3) is 5.12. The van der Waals surface area contributed by atoms with Crippen LogP contribution in [0.5, 0.6) is 0 Å². The molecular formula is C22H23Cl2N3O3. The maximum atomic E-state index is 13.3. The van der Waals surface area contributed by atoms with Gasteiger partial charge >= 0.3 is 0 Å². The molecule has 0 radical (unpaired) electrons. The number of piperidine rings is 1. The van der Waals surface area contributed by atoms with Crippen LogP contribution in [0, 0.1) is 0 Å². The second-order valence-electron chi connectivity index (χ2n) is 7.20. The second kappa shape index (κ2) is 9.96. The van der Waals surface area contributed by atoms with E-state index in [1.165, 1.54) is 4.90 Å². The van der Waals surface area contributed by atoms with E-state index in [9.17, 15) is 14.4 Å². The van der Waals surface area contributed by atoms with Crippen molar-refractivity contribution in [2.75, 3.05) is 25.5 Å². The van der Waals surface area contributed by atoms with E-state index in [0.29, 0.717) is 28.7 Å². The number of likely N-dealkylation sites (tertiary alicyclic amines) is 1. The van der Waals surface area contributed by atoms with Gasteiger partial charge in [-0.25, -0.2) is 0 Å². The Morgan fingerprint density at radius 3 is 2.37 bits per heavy atom. The van der Waals surface area contributed by atoms with Crippen molar-refractivity contribution < 1.29 is 14.4 Å². The Balaban J connectivity index is 1.77. The quantitative estimate of drug-likeness (QED) is 0.722. The molecule has 1 aliphatic heterocycles. The molecule has 1 saturated heterocycles. The van der Waals surface area contributed by atoms with E-state index in [0.717, 1.165) is 18.4 Å². The fraction of sp³-hybridized carbons (Fsp3) is 0.318. The van der Waals surface area contributed by atoms with Gasteiger partial charge in [-0.15, -0.1) is 0 Å². The van der Waals surface area contributed by atoms with Crippen LogP contribution in [0.3, 0.4) is 0 Å². The number of nitrogens with zero attached hydrogens (tertiary/aromatic N) is 2. The molecule has 8 heteroatoms. The molecule has 158 valence electrons. The van der Waals surface area contributed by atoms with E-state index in [1.807, 2.05) is 30.3 Å². The van der Waals surface area contributed by atoms with Gasteiger partial charge in [0.2, 0.25) is 17.7 Å². The summed E-state index contributed by atoms with van der Waals surface area (Å²) in [6.45, 7) is 0.311. The summed E-state index contributed by atoms with van der Waals surface area (Å²) in [5.41, 5.74) is 1.02. The number of hydrogen-bond donors (Lipinski definition) is 1. The Hall–Kier alpha value is -2.57. The van der Waals surface area contributed by atoms with E-state index < -0.39 is 11.9 Å². The van der Waals surface area contributed by atoms with E-state index in [-0.39, 0.29) is 18.4 Å². The zero-order chi connectivity index (χ0) is 21.7. The van der Waals surface area contributed by atoms with Crippen molar-refractivity contribution in [2.24, 2.45) is 0 Å². The molecule has 3 rings (SSSR count). The lowest BCUT2D eigenvalue weighted by Crippen LogP contribution is -2.47. The standard InChI is InChI=1S/C22H23Cl2N3O3/c1-26(14-18(28)25-20-16(23)10-7-11-17(20)24)22(30)21(15-8-3-2-4-9-15)27-13-6-5-12-19(27)29/h2-4,7-11,21H,5-6,12-14H2,1H3,(H,25,28). The van der Waals surface area contributed by atoms with Crippen molar-refractivity contribution in [3.8, 4) is 0 Å². The van der Waals surface area contributed by atoms with Crippen molar-refractivity contribution in [1.82, 2.24) is 9.80 Å². The highest BCUT2D eigenvalue weighted by Crippen LogP contribution is 2.30. The molecule has 2 aromatic rings. The van der Waals surface area contributed by atoms with Crippen LogP contribution in [0.4, 0.5) is 5.69 Å². The number of carbonyl (C=O) groups is 3. The zero-order valence-corrected chi connectivity index (χ0v) is 18.1. The number of para-hydroxylation sites is 1. The van der Waals surface area contributed by atoms with Crippen molar-refractivity contribution in [3.05, 3.63) is 64.1 Å². The number of nitrogens with one attached hydrogen (secondary N) is 1. The van der Waals surface area contributed by atoms with Crippen LogP contribution < -0.4 is 5.32 Å². The SMILES string of the molecule is CN(CC(=O)Nc1c(Cl)cccc1Cl)C(=O)C(c1ccccc1)N1CCCCC1=O. The molecule has 1 fully saturated rings. The molecule has 1 atom stereocenters. The molecule has 6 nitrogen and oxygen atoms in total. The lowest BCUT2D eigenvalue weighted by atomic mass is 10.00.